The number of nitrogens with zero attached hydrogens (tertiary/aromatic N) is 2. The van der Waals surface area contributed by atoms with Gasteiger partial charge in [-0.1, -0.05) is 58.6 Å². The Labute approximate surface area is 264 Å². The molecule has 0 spiro atoms. The average molecular weight is 620 g/mol. The van der Waals surface area contributed by atoms with Crippen molar-refractivity contribution in [2.45, 2.75) is 117 Å². The molecule has 0 aromatic heterocycles. The number of phenols is 2. The first-order valence-electron chi connectivity index (χ1n) is 14.5. The van der Waals surface area contributed by atoms with Gasteiger partial charge in [-0.25, -0.2) is 4.79 Å². The van der Waals surface area contributed by atoms with Crippen LogP contribution in [0.1, 0.15) is 112 Å². The van der Waals surface area contributed by atoms with Crippen molar-refractivity contribution in [3.8, 4) is 11.5 Å². The van der Waals surface area contributed by atoms with E-state index in [1.165, 1.54) is 31.2 Å². The van der Waals surface area contributed by atoms with Crippen LogP contribution in [0.4, 0.5) is 4.79 Å². The summed E-state index contributed by atoms with van der Waals surface area (Å²) in [4.78, 5) is 18.3. The molecule has 2 atom stereocenters. The standard InChI is InChI=1S/C32H46N2O2.CH2O3.CH3.Cr/c1-7-9-14-32(6,15-10-8-2)27-18-24(5)31(36)26(19-27)21-34-29-13-11-12-28(29)33-20-25-17-22(3)16-23(4)30(25)35;2-1(3)4;;/h16-21,28-29,35-36H,7-15H2,1-6H3;(H2,2,3,4);1H3;/q;;-1;. The van der Waals surface area contributed by atoms with Crippen molar-refractivity contribution in [2.75, 3.05) is 0 Å². The van der Waals surface area contributed by atoms with Crippen molar-refractivity contribution in [2.24, 2.45) is 9.98 Å². The van der Waals surface area contributed by atoms with Crippen LogP contribution in [0.15, 0.2) is 34.3 Å². The van der Waals surface area contributed by atoms with E-state index in [2.05, 4.69) is 32.9 Å². The Morgan fingerprint density at radius 3 is 1.74 bits per heavy atom. The van der Waals surface area contributed by atoms with Crippen molar-refractivity contribution in [3.63, 3.8) is 0 Å². The van der Waals surface area contributed by atoms with Gasteiger partial charge in [0.25, 0.3) is 0 Å². The fraction of sp³-hybridized carbons (Fsp3) is 0.529. The van der Waals surface area contributed by atoms with Crippen LogP contribution in [0, 0.1) is 28.2 Å². The Bertz CT molecular complexity index is 1180. The fourth-order valence-corrected chi connectivity index (χ4v) is 5.51. The second-order valence-electron chi connectivity index (χ2n) is 11.4. The zero-order valence-corrected chi connectivity index (χ0v) is 27.8. The van der Waals surface area contributed by atoms with Crippen LogP contribution < -0.4 is 0 Å². The molecule has 8 heteroatoms. The second-order valence-corrected chi connectivity index (χ2v) is 11.4. The van der Waals surface area contributed by atoms with E-state index in [4.69, 9.17) is 25.0 Å². The molecule has 7 nitrogen and oxygen atoms in total. The van der Waals surface area contributed by atoms with Gasteiger partial charge in [-0.05, 0) is 92.7 Å². The van der Waals surface area contributed by atoms with Crippen LogP contribution in [0.5, 0.6) is 11.5 Å². The zero-order chi connectivity index (χ0) is 29.9. The number of carboxylic acid groups (broad SMARTS) is 2. The van der Waals surface area contributed by atoms with E-state index < -0.39 is 6.16 Å². The maximum absolute atomic E-state index is 10.9. The number of unbranched alkanes of at least 4 members (excludes halogenated alkanes) is 2. The van der Waals surface area contributed by atoms with Crippen molar-refractivity contribution in [1.82, 2.24) is 0 Å². The molecule has 0 aliphatic heterocycles. The summed E-state index contributed by atoms with van der Waals surface area (Å²) >= 11 is 0. The minimum atomic E-state index is -1.83. The Morgan fingerprint density at radius 2 is 1.29 bits per heavy atom. The second kappa shape index (κ2) is 18.7. The van der Waals surface area contributed by atoms with Gasteiger partial charge in [0.1, 0.15) is 11.5 Å². The molecule has 234 valence electrons. The number of aryl methyl sites for hydroxylation is 3. The van der Waals surface area contributed by atoms with Crippen LogP contribution in [-0.2, 0) is 22.8 Å². The molecular weight excluding hydrogens is 568 g/mol. The molecule has 0 radical (unpaired) electrons. The molecule has 2 aromatic carbocycles. The van der Waals surface area contributed by atoms with Gasteiger partial charge in [-0.15, -0.1) is 0 Å². The largest absolute Gasteiger partial charge is 0.507 e. The molecule has 2 aromatic rings. The summed E-state index contributed by atoms with van der Waals surface area (Å²) in [5, 5.41) is 35.2. The third kappa shape index (κ3) is 11.5. The number of hydrogen-bond donors (Lipinski definition) is 4. The SMILES string of the molecule is CCCCC(C)(CCCC)c1cc(C)c(O)c(C=NC2CCCC2N=Cc2cc(C)cc(C)c2O)c1.O=C(O)O.[CH3-].[Cr]. The number of aliphatic imine (C=N–C) groups is 2. The van der Waals surface area contributed by atoms with Gasteiger partial charge < -0.3 is 27.9 Å². The van der Waals surface area contributed by atoms with Gasteiger partial charge >= 0.3 is 6.16 Å². The molecule has 1 aliphatic carbocycles. The van der Waals surface area contributed by atoms with Gasteiger partial charge in [0, 0.05) is 40.9 Å². The molecule has 2 unspecified atom stereocenters. The molecule has 0 amide bonds. The first-order chi connectivity index (χ1) is 18.9. The summed E-state index contributed by atoms with van der Waals surface area (Å²) in [6, 6.07) is 8.47. The Balaban J connectivity index is 0.00000263. The number of aromatic hydroxyl groups is 2. The van der Waals surface area contributed by atoms with Crippen LogP contribution in [0.25, 0.3) is 0 Å². The van der Waals surface area contributed by atoms with Crippen molar-refractivity contribution < 1.29 is 42.6 Å². The third-order valence-corrected chi connectivity index (χ3v) is 7.92. The van der Waals surface area contributed by atoms with Crippen LogP contribution in [0.2, 0.25) is 0 Å². The number of carbonyl (C=O) groups is 1. The maximum atomic E-state index is 10.9. The van der Waals surface area contributed by atoms with E-state index in [0.717, 1.165) is 59.9 Å². The molecular formula is C34H51CrN2O5-. The van der Waals surface area contributed by atoms with Crippen molar-refractivity contribution >= 4 is 18.6 Å². The minimum Gasteiger partial charge on any atom is -0.507 e. The van der Waals surface area contributed by atoms with E-state index in [-0.39, 0.29) is 42.3 Å². The van der Waals surface area contributed by atoms with E-state index in [1.807, 2.05) is 45.3 Å². The summed E-state index contributed by atoms with van der Waals surface area (Å²) in [6.45, 7) is 12.8. The predicted molar refractivity (Wildman–Crippen MR) is 171 cm³/mol. The maximum Gasteiger partial charge on any atom is 0.503 e. The quantitative estimate of drug-likeness (QED) is 0.148. The van der Waals surface area contributed by atoms with Crippen molar-refractivity contribution in [3.05, 3.63) is 65.1 Å². The molecule has 1 saturated carbocycles. The molecule has 0 saturated heterocycles. The van der Waals surface area contributed by atoms with Crippen LogP contribution in [0.3, 0.4) is 0 Å². The van der Waals surface area contributed by atoms with Crippen molar-refractivity contribution in [1.29, 1.82) is 0 Å². The number of benzene rings is 2. The number of phenolic OH excluding ortho intramolecular Hbond substituents is 2. The van der Waals surface area contributed by atoms with E-state index in [9.17, 15) is 10.2 Å². The third-order valence-electron chi connectivity index (χ3n) is 7.92. The minimum absolute atomic E-state index is 0. The van der Waals surface area contributed by atoms with Gasteiger partial charge in [0.2, 0.25) is 0 Å². The Kier molecular flexibility index (Phi) is 17.4. The summed E-state index contributed by atoms with van der Waals surface area (Å²) in [6.07, 6.45) is 12.0. The van der Waals surface area contributed by atoms with E-state index in [1.54, 1.807) is 0 Å². The van der Waals surface area contributed by atoms with Gasteiger partial charge in [0.05, 0.1) is 12.1 Å². The Hall–Kier alpha value is -2.82. The summed E-state index contributed by atoms with van der Waals surface area (Å²) in [5.74, 6) is 0.628. The van der Waals surface area contributed by atoms with Crippen LogP contribution >= 0.6 is 0 Å². The molecule has 1 fully saturated rings. The summed E-state index contributed by atoms with van der Waals surface area (Å²) < 4.78 is 0. The molecule has 0 bridgehead atoms. The molecule has 0 heterocycles. The smallest absolute Gasteiger partial charge is 0.503 e. The number of hydrogen-bond acceptors (Lipinski definition) is 5. The Morgan fingerprint density at radius 1 is 0.857 bits per heavy atom. The first-order valence-corrected chi connectivity index (χ1v) is 14.5. The first kappa shape index (κ1) is 39.2. The summed E-state index contributed by atoms with van der Waals surface area (Å²) in [7, 11) is 0. The number of rotatable bonds is 11. The van der Waals surface area contributed by atoms with E-state index >= 15 is 0 Å². The van der Waals surface area contributed by atoms with Crippen LogP contribution in [-0.4, -0.2) is 51.1 Å². The predicted octanol–water partition coefficient (Wildman–Crippen LogP) is 8.79. The normalized spacial score (nSPS) is 16.5. The fourth-order valence-electron chi connectivity index (χ4n) is 5.51. The van der Waals surface area contributed by atoms with Gasteiger partial charge in [0.15, 0.2) is 0 Å². The van der Waals surface area contributed by atoms with E-state index in [0.29, 0.717) is 11.5 Å². The monoisotopic (exact) mass is 619 g/mol. The molecule has 42 heavy (non-hydrogen) atoms. The molecule has 3 rings (SSSR count). The summed E-state index contributed by atoms with van der Waals surface area (Å²) in [5.41, 5.74) is 5.90. The molecule has 4 N–H and O–H groups in total. The zero-order valence-electron chi connectivity index (χ0n) is 26.5. The van der Waals surface area contributed by atoms with Gasteiger partial charge in [-0.2, -0.15) is 0 Å². The average Bonchev–Trinajstić information content (AvgIpc) is 3.35. The topological polar surface area (TPSA) is 123 Å². The molecule has 1 aliphatic rings. The van der Waals surface area contributed by atoms with Gasteiger partial charge in [-0.3, -0.25) is 9.98 Å².